The first-order valence-electron chi connectivity index (χ1n) is 7.82. The molecule has 0 aliphatic carbocycles. The van der Waals surface area contributed by atoms with Crippen molar-refractivity contribution in [3.63, 3.8) is 0 Å². The smallest absolute Gasteiger partial charge is 0.0420 e. The van der Waals surface area contributed by atoms with E-state index in [9.17, 15) is 4.55 Å². The second kappa shape index (κ2) is 12.1. The molecule has 0 saturated carbocycles. The molecular formula is C18H34O2S. The zero-order chi connectivity index (χ0) is 17.2. The van der Waals surface area contributed by atoms with Gasteiger partial charge in [-0.1, -0.05) is 67.5 Å². The first kappa shape index (κ1) is 22.8. The third-order valence-electron chi connectivity index (χ3n) is 3.17. The van der Waals surface area contributed by atoms with E-state index in [0.717, 1.165) is 24.0 Å². The summed E-state index contributed by atoms with van der Waals surface area (Å²) in [5, 5.41) is 7.00. The largest absolute Gasteiger partial charge is 0.400 e. The predicted octanol–water partition coefficient (Wildman–Crippen LogP) is 6.26. The van der Waals surface area contributed by atoms with E-state index < -0.39 is 0 Å². The van der Waals surface area contributed by atoms with Gasteiger partial charge in [0.25, 0.3) is 0 Å². The van der Waals surface area contributed by atoms with E-state index in [1.165, 1.54) is 16.7 Å². The van der Waals surface area contributed by atoms with Gasteiger partial charge in [-0.3, -0.25) is 0 Å². The Labute approximate surface area is 136 Å². The molecule has 1 aromatic rings. The van der Waals surface area contributed by atoms with Gasteiger partial charge in [0.1, 0.15) is 0 Å². The minimum atomic E-state index is 0.445. The Bertz CT molecular complexity index is 356. The lowest BCUT2D eigenvalue weighted by atomic mass is 9.89. The normalized spacial score (nSPS) is 10.2. The van der Waals surface area contributed by atoms with Gasteiger partial charge in [-0.25, -0.2) is 0 Å². The number of aliphatic hydroxyl groups excluding tert-OH is 1. The van der Waals surface area contributed by atoms with Crippen LogP contribution in [0.4, 0.5) is 0 Å². The fraction of sp³-hybridized carbons (Fsp3) is 0.667. The highest BCUT2D eigenvalue weighted by Crippen LogP contribution is 2.36. The monoisotopic (exact) mass is 314 g/mol. The van der Waals surface area contributed by atoms with Crippen molar-refractivity contribution >= 4 is 12.0 Å². The molecule has 0 aromatic heterocycles. The molecule has 0 fully saturated rings. The summed E-state index contributed by atoms with van der Waals surface area (Å²) < 4.78 is 9.54. The summed E-state index contributed by atoms with van der Waals surface area (Å²) in [5.41, 5.74) is 3.91. The molecule has 0 aliphatic heterocycles. The summed E-state index contributed by atoms with van der Waals surface area (Å²) in [6.45, 7) is 17.2. The molecule has 0 spiro atoms. The molecule has 0 bridgehead atoms. The van der Waals surface area contributed by atoms with E-state index in [1.54, 1.807) is 0 Å². The summed E-state index contributed by atoms with van der Waals surface area (Å²) in [4.78, 5) is 1.06. The van der Waals surface area contributed by atoms with E-state index in [0.29, 0.717) is 17.8 Å². The van der Waals surface area contributed by atoms with E-state index in [-0.39, 0.29) is 0 Å². The maximum absolute atomic E-state index is 9.54. The van der Waals surface area contributed by atoms with Gasteiger partial charge in [0.05, 0.1) is 0 Å². The van der Waals surface area contributed by atoms with E-state index in [1.807, 2.05) is 13.8 Å². The maximum Gasteiger partial charge on any atom is 0.0420 e. The van der Waals surface area contributed by atoms with Crippen LogP contribution in [0.15, 0.2) is 17.0 Å². The third-order valence-corrected chi connectivity index (χ3v) is 3.82. The van der Waals surface area contributed by atoms with Crippen LogP contribution in [0.5, 0.6) is 0 Å². The van der Waals surface area contributed by atoms with Gasteiger partial charge in [-0.2, -0.15) is 0 Å². The third kappa shape index (κ3) is 6.86. The lowest BCUT2D eigenvalue weighted by Crippen LogP contribution is -2.02. The van der Waals surface area contributed by atoms with Crippen LogP contribution in [0.2, 0.25) is 0 Å². The number of hydrogen-bond donors (Lipinski definition) is 2. The topological polar surface area (TPSA) is 40.5 Å². The lowest BCUT2D eigenvalue weighted by Gasteiger charge is -2.20. The second-order valence-electron chi connectivity index (χ2n) is 5.58. The van der Waals surface area contributed by atoms with E-state index in [2.05, 4.69) is 53.7 Å². The molecule has 2 N–H and O–H groups in total. The number of benzene rings is 1. The van der Waals surface area contributed by atoms with Gasteiger partial charge in [-0.15, -0.1) is 0 Å². The fourth-order valence-corrected chi connectivity index (χ4v) is 2.80. The van der Waals surface area contributed by atoms with Crippen LogP contribution in [0, 0.1) is 0 Å². The molecule has 0 aliphatic rings. The van der Waals surface area contributed by atoms with E-state index >= 15 is 0 Å². The second-order valence-corrected chi connectivity index (χ2v) is 6.17. The van der Waals surface area contributed by atoms with Crippen molar-refractivity contribution in [2.45, 2.75) is 78.0 Å². The minimum absolute atomic E-state index is 0.445. The SMILES string of the molecule is CC.CC(C)c1cc(C(C)C)c(SO)c(C(C)C)c1.CO. The van der Waals surface area contributed by atoms with Crippen LogP contribution in [0.25, 0.3) is 0 Å². The minimum Gasteiger partial charge on any atom is -0.400 e. The van der Waals surface area contributed by atoms with Crippen LogP contribution >= 0.6 is 12.0 Å². The standard InChI is InChI=1S/C15H24OS.C2H6.CH4O/c1-9(2)12-7-13(10(3)4)15(17-16)14(8-12)11(5)6;2*1-2/h7-11,16H,1-6H3;1-2H3;2H,1H3. The van der Waals surface area contributed by atoms with Crippen LogP contribution < -0.4 is 0 Å². The number of rotatable bonds is 4. The zero-order valence-corrected chi connectivity index (χ0v) is 16.0. The highest BCUT2D eigenvalue weighted by atomic mass is 32.2. The predicted molar refractivity (Wildman–Crippen MR) is 96.7 cm³/mol. The Balaban J connectivity index is 0. The fourth-order valence-electron chi connectivity index (χ4n) is 1.99. The van der Waals surface area contributed by atoms with Crippen molar-refractivity contribution in [3.8, 4) is 0 Å². The Morgan fingerprint density at radius 2 is 1.10 bits per heavy atom. The lowest BCUT2D eigenvalue weighted by molar-refractivity contribution is 0.399. The van der Waals surface area contributed by atoms with Crippen LogP contribution in [-0.4, -0.2) is 16.8 Å². The van der Waals surface area contributed by atoms with E-state index in [4.69, 9.17) is 5.11 Å². The summed E-state index contributed by atoms with van der Waals surface area (Å²) >= 11 is 0.899. The maximum atomic E-state index is 9.54. The van der Waals surface area contributed by atoms with Crippen molar-refractivity contribution in [2.75, 3.05) is 7.11 Å². The average Bonchev–Trinajstić information content (AvgIpc) is 2.49. The molecule has 0 unspecified atom stereocenters. The highest BCUT2D eigenvalue weighted by Gasteiger charge is 2.17. The van der Waals surface area contributed by atoms with Gasteiger partial charge in [-0.05, 0) is 34.4 Å². The Kier molecular flexibility index (Phi) is 13.1. The molecule has 0 radical (unpaired) electrons. The Morgan fingerprint density at radius 1 is 0.762 bits per heavy atom. The molecule has 21 heavy (non-hydrogen) atoms. The van der Waals surface area contributed by atoms with Gasteiger partial charge in [0.2, 0.25) is 0 Å². The molecule has 1 aromatic carbocycles. The molecule has 0 amide bonds. The molecule has 0 heterocycles. The highest BCUT2D eigenvalue weighted by molar-refractivity contribution is 7.93. The molecule has 124 valence electrons. The number of aliphatic hydroxyl groups is 1. The molecular weight excluding hydrogens is 280 g/mol. The van der Waals surface area contributed by atoms with Crippen molar-refractivity contribution in [2.24, 2.45) is 0 Å². The van der Waals surface area contributed by atoms with Gasteiger partial charge in [0, 0.05) is 24.0 Å². The molecule has 1 rings (SSSR count). The van der Waals surface area contributed by atoms with Gasteiger partial charge >= 0.3 is 0 Å². The number of hydrogen-bond acceptors (Lipinski definition) is 3. The molecule has 2 nitrogen and oxygen atoms in total. The van der Waals surface area contributed by atoms with Crippen molar-refractivity contribution in [1.82, 2.24) is 0 Å². The first-order valence-corrected chi connectivity index (χ1v) is 8.59. The molecule has 0 atom stereocenters. The van der Waals surface area contributed by atoms with Gasteiger partial charge in [0.15, 0.2) is 0 Å². The summed E-state index contributed by atoms with van der Waals surface area (Å²) in [6, 6.07) is 4.50. The Morgan fingerprint density at radius 3 is 1.29 bits per heavy atom. The Hall–Kier alpha value is -0.510. The van der Waals surface area contributed by atoms with Crippen LogP contribution in [0.1, 0.15) is 89.8 Å². The average molecular weight is 315 g/mol. The summed E-state index contributed by atoms with van der Waals surface area (Å²) in [6.07, 6.45) is 0. The van der Waals surface area contributed by atoms with Crippen molar-refractivity contribution in [3.05, 3.63) is 28.8 Å². The zero-order valence-electron chi connectivity index (χ0n) is 15.2. The summed E-state index contributed by atoms with van der Waals surface area (Å²) in [5.74, 6) is 1.42. The van der Waals surface area contributed by atoms with Crippen LogP contribution in [0.3, 0.4) is 0 Å². The molecule has 0 saturated heterocycles. The van der Waals surface area contributed by atoms with Crippen molar-refractivity contribution < 1.29 is 9.66 Å². The van der Waals surface area contributed by atoms with Crippen molar-refractivity contribution in [1.29, 1.82) is 0 Å². The molecule has 3 heteroatoms. The quantitative estimate of drug-likeness (QED) is 0.645. The first-order chi connectivity index (χ1) is 9.88. The van der Waals surface area contributed by atoms with Gasteiger partial charge < -0.3 is 9.66 Å². The van der Waals surface area contributed by atoms with Crippen LogP contribution in [-0.2, 0) is 0 Å². The summed E-state index contributed by atoms with van der Waals surface area (Å²) in [7, 11) is 1.00.